The van der Waals surface area contributed by atoms with Gasteiger partial charge in [-0.05, 0) is 41.8 Å². The van der Waals surface area contributed by atoms with E-state index < -0.39 is 0 Å². The van der Waals surface area contributed by atoms with E-state index >= 15 is 0 Å². The quantitative estimate of drug-likeness (QED) is 0.918. The molecule has 21 heavy (non-hydrogen) atoms. The lowest BCUT2D eigenvalue weighted by atomic mass is 10.1. The summed E-state index contributed by atoms with van der Waals surface area (Å²) < 4.78 is 18.3. The van der Waals surface area contributed by atoms with Gasteiger partial charge < -0.3 is 10.1 Å². The molecule has 0 saturated carbocycles. The Morgan fingerprint density at radius 2 is 2.00 bits per heavy atom. The van der Waals surface area contributed by atoms with Crippen molar-refractivity contribution < 1.29 is 13.9 Å². The first-order valence-electron chi connectivity index (χ1n) is 6.73. The van der Waals surface area contributed by atoms with Crippen LogP contribution in [0, 0.1) is 12.7 Å². The number of carbonyl (C=O) groups excluding carboxylic acids is 1. The molecule has 0 aliphatic heterocycles. The van der Waals surface area contributed by atoms with Crippen molar-refractivity contribution in [2.75, 3.05) is 7.11 Å². The van der Waals surface area contributed by atoms with Crippen molar-refractivity contribution in [3.05, 3.63) is 65.0 Å². The molecule has 4 heteroatoms. The summed E-state index contributed by atoms with van der Waals surface area (Å²) in [6, 6.07) is 12.2. The summed E-state index contributed by atoms with van der Waals surface area (Å²) in [5.41, 5.74) is 2.35. The molecule has 0 aromatic heterocycles. The molecule has 2 aromatic carbocycles. The van der Waals surface area contributed by atoms with E-state index in [0.717, 1.165) is 16.9 Å². The number of rotatable bonds is 5. The smallest absolute Gasteiger partial charge is 0.224 e. The number of benzene rings is 2. The van der Waals surface area contributed by atoms with Gasteiger partial charge in [0.15, 0.2) is 0 Å². The first-order chi connectivity index (χ1) is 10.1. The third-order valence-corrected chi connectivity index (χ3v) is 3.21. The zero-order valence-corrected chi connectivity index (χ0v) is 12.2. The summed E-state index contributed by atoms with van der Waals surface area (Å²) in [4.78, 5) is 11.9. The molecule has 0 bridgehead atoms. The average molecular weight is 287 g/mol. The maximum atomic E-state index is 13.2. The van der Waals surface area contributed by atoms with Crippen LogP contribution in [0.1, 0.15) is 16.7 Å². The number of ether oxygens (including phenoxy) is 1. The number of halogens is 1. The van der Waals surface area contributed by atoms with E-state index in [1.807, 2.05) is 24.3 Å². The summed E-state index contributed by atoms with van der Waals surface area (Å²) in [6.07, 6.45) is 0.289. The molecule has 2 aromatic rings. The van der Waals surface area contributed by atoms with Crippen LogP contribution in [0.3, 0.4) is 0 Å². The van der Waals surface area contributed by atoms with Crippen molar-refractivity contribution in [1.82, 2.24) is 5.32 Å². The fraction of sp³-hybridized carbons (Fsp3) is 0.235. The molecular weight excluding hydrogens is 269 g/mol. The van der Waals surface area contributed by atoms with Crippen molar-refractivity contribution in [1.29, 1.82) is 0 Å². The number of nitrogens with one attached hydrogen (secondary N) is 1. The molecule has 1 N–H and O–H groups in total. The van der Waals surface area contributed by atoms with Crippen LogP contribution in [0.4, 0.5) is 4.39 Å². The van der Waals surface area contributed by atoms with Crippen molar-refractivity contribution in [3.63, 3.8) is 0 Å². The minimum Gasteiger partial charge on any atom is -0.497 e. The van der Waals surface area contributed by atoms with Crippen molar-refractivity contribution >= 4 is 5.91 Å². The Kier molecular flexibility index (Phi) is 4.93. The predicted molar refractivity (Wildman–Crippen MR) is 79.7 cm³/mol. The van der Waals surface area contributed by atoms with Gasteiger partial charge in [0.1, 0.15) is 11.6 Å². The molecule has 2 rings (SSSR count). The van der Waals surface area contributed by atoms with Gasteiger partial charge in [0.25, 0.3) is 0 Å². The average Bonchev–Trinajstić information content (AvgIpc) is 2.48. The summed E-state index contributed by atoms with van der Waals surface area (Å²) >= 11 is 0. The fourth-order valence-electron chi connectivity index (χ4n) is 2.05. The van der Waals surface area contributed by atoms with Gasteiger partial charge in [0, 0.05) is 6.54 Å². The molecule has 110 valence electrons. The molecule has 0 radical (unpaired) electrons. The van der Waals surface area contributed by atoms with E-state index in [9.17, 15) is 9.18 Å². The molecular formula is C17H18FNO2. The van der Waals surface area contributed by atoms with Crippen molar-refractivity contribution in [3.8, 4) is 5.75 Å². The topological polar surface area (TPSA) is 38.3 Å². The lowest BCUT2D eigenvalue weighted by molar-refractivity contribution is -0.120. The van der Waals surface area contributed by atoms with E-state index in [1.54, 1.807) is 26.2 Å². The summed E-state index contributed by atoms with van der Waals surface area (Å²) in [5, 5.41) is 2.83. The van der Waals surface area contributed by atoms with Crippen LogP contribution in [-0.2, 0) is 17.8 Å². The van der Waals surface area contributed by atoms with Gasteiger partial charge in [-0.1, -0.05) is 24.3 Å². The van der Waals surface area contributed by atoms with E-state index in [1.165, 1.54) is 6.07 Å². The van der Waals surface area contributed by atoms with Crippen LogP contribution in [0.2, 0.25) is 0 Å². The van der Waals surface area contributed by atoms with Gasteiger partial charge >= 0.3 is 0 Å². The molecule has 3 nitrogen and oxygen atoms in total. The normalized spacial score (nSPS) is 10.2. The molecule has 0 saturated heterocycles. The maximum Gasteiger partial charge on any atom is 0.224 e. The van der Waals surface area contributed by atoms with Gasteiger partial charge in [0.05, 0.1) is 13.5 Å². The molecule has 0 atom stereocenters. The first kappa shape index (κ1) is 15.0. The highest BCUT2D eigenvalue weighted by molar-refractivity contribution is 5.78. The highest BCUT2D eigenvalue weighted by Gasteiger charge is 2.05. The van der Waals surface area contributed by atoms with Gasteiger partial charge in [-0.2, -0.15) is 0 Å². The highest BCUT2D eigenvalue weighted by atomic mass is 19.1. The second-order valence-electron chi connectivity index (χ2n) is 4.89. The van der Waals surface area contributed by atoms with Gasteiger partial charge in [-0.3, -0.25) is 4.79 Å². The fourth-order valence-corrected chi connectivity index (χ4v) is 2.05. The van der Waals surface area contributed by atoms with Crippen LogP contribution in [0.25, 0.3) is 0 Å². The van der Waals surface area contributed by atoms with Crippen LogP contribution in [0.15, 0.2) is 42.5 Å². The largest absolute Gasteiger partial charge is 0.497 e. The Hall–Kier alpha value is -2.36. The predicted octanol–water partition coefficient (Wildman–Crippen LogP) is 3.00. The van der Waals surface area contributed by atoms with Crippen LogP contribution < -0.4 is 10.1 Å². The van der Waals surface area contributed by atoms with E-state index in [-0.39, 0.29) is 18.1 Å². The molecule has 0 aliphatic carbocycles. The lowest BCUT2D eigenvalue weighted by Gasteiger charge is -2.07. The van der Waals surface area contributed by atoms with E-state index in [4.69, 9.17) is 4.74 Å². The Labute approximate surface area is 123 Å². The summed E-state index contributed by atoms with van der Waals surface area (Å²) in [5.74, 6) is 0.418. The zero-order valence-electron chi connectivity index (χ0n) is 12.2. The minimum absolute atomic E-state index is 0.0785. The van der Waals surface area contributed by atoms with E-state index in [2.05, 4.69) is 5.32 Å². The number of hydrogen-bond donors (Lipinski definition) is 1. The van der Waals surface area contributed by atoms with Gasteiger partial charge in [-0.15, -0.1) is 0 Å². The van der Waals surface area contributed by atoms with Crippen LogP contribution in [-0.4, -0.2) is 13.0 Å². The van der Waals surface area contributed by atoms with Crippen LogP contribution in [0.5, 0.6) is 5.75 Å². The van der Waals surface area contributed by atoms with E-state index in [0.29, 0.717) is 12.1 Å². The second kappa shape index (κ2) is 6.88. The number of methoxy groups -OCH3 is 1. The van der Waals surface area contributed by atoms with Crippen molar-refractivity contribution in [2.24, 2.45) is 0 Å². The Balaban J connectivity index is 1.90. The summed E-state index contributed by atoms with van der Waals surface area (Å²) in [6.45, 7) is 2.10. The monoisotopic (exact) mass is 287 g/mol. The maximum absolute atomic E-state index is 13.2. The highest BCUT2D eigenvalue weighted by Crippen LogP contribution is 2.13. The molecule has 0 heterocycles. The second-order valence-corrected chi connectivity index (χ2v) is 4.89. The molecule has 0 fully saturated rings. The van der Waals surface area contributed by atoms with Crippen molar-refractivity contribution in [2.45, 2.75) is 19.9 Å². The SMILES string of the molecule is COc1cccc(CC(=O)NCc2ccc(F)c(C)c2)c1. The Morgan fingerprint density at radius 3 is 2.71 bits per heavy atom. The third kappa shape index (κ3) is 4.31. The number of aryl methyl sites for hydroxylation is 1. The molecule has 0 aliphatic rings. The lowest BCUT2D eigenvalue weighted by Crippen LogP contribution is -2.24. The summed E-state index contributed by atoms with van der Waals surface area (Å²) in [7, 11) is 1.59. The zero-order chi connectivity index (χ0) is 15.2. The Bertz CT molecular complexity index is 640. The first-order valence-corrected chi connectivity index (χ1v) is 6.73. The van der Waals surface area contributed by atoms with Gasteiger partial charge in [0.2, 0.25) is 5.91 Å². The van der Waals surface area contributed by atoms with Gasteiger partial charge in [-0.25, -0.2) is 4.39 Å². The molecule has 0 spiro atoms. The number of amides is 1. The minimum atomic E-state index is -0.235. The number of carbonyl (C=O) groups is 1. The molecule has 1 amide bonds. The standard InChI is InChI=1S/C17H18FNO2/c1-12-8-14(6-7-16(12)18)11-19-17(20)10-13-4-3-5-15(9-13)21-2/h3-9H,10-11H2,1-2H3,(H,19,20). The van der Waals surface area contributed by atoms with Crippen LogP contribution >= 0.6 is 0 Å². The molecule has 0 unspecified atom stereocenters. The number of hydrogen-bond acceptors (Lipinski definition) is 2. The third-order valence-electron chi connectivity index (χ3n) is 3.21. The Morgan fingerprint density at radius 1 is 1.19 bits per heavy atom.